The number of thioether (sulfide) groups is 1. The summed E-state index contributed by atoms with van der Waals surface area (Å²) in [6.45, 7) is 1.84. The second-order valence-electron chi connectivity index (χ2n) is 7.59. The molecule has 0 radical (unpaired) electrons. The molecule has 1 N–H and O–H groups in total. The number of amides is 3. The zero-order valence-corrected chi connectivity index (χ0v) is 20.7. The molecule has 2 aliphatic rings. The van der Waals surface area contributed by atoms with Gasteiger partial charge in [-0.25, -0.2) is 0 Å². The van der Waals surface area contributed by atoms with Gasteiger partial charge in [0.25, 0.3) is 16.8 Å². The summed E-state index contributed by atoms with van der Waals surface area (Å²) in [6, 6.07) is 12.2. The van der Waals surface area contributed by atoms with Crippen molar-refractivity contribution in [1.82, 2.24) is 9.80 Å². The highest BCUT2D eigenvalue weighted by Crippen LogP contribution is 2.36. The van der Waals surface area contributed by atoms with Gasteiger partial charge in [0.05, 0.1) is 13.4 Å². The Morgan fingerprint density at radius 3 is 2.47 bits per heavy atom. The number of phenolic OH excluding ortho intramolecular Hbond substituents is 1. The lowest BCUT2D eigenvalue weighted by Crippen LogP contribution is -2.51. The summed E-state index contributed by atoms with van der Waals surface area (Å²) in [5.74, 6) is -1.23. The molecule has 4 rings (SSSR count). The molecule has 0 aliphatic carbocycles. The van der Waals surface area contributed by atoms with E-state index in [4.69, 9.17) is 0 Å². The van der Waals surface area contributed by atoms with Gasteiger partial charge in [-0.2, -0.15) is 0 Å². The Morgan fingerprint density at radius 1 is 1.15 bits per heavy atom. The highest BCUT2D eigenvalue weighted by Gasteiger charge is 2.37. The molecule has 2 heterocycles. The van der Waals surface area contributed by atoms with E-state index in [2.05, 4.69) is 4.90 Å². The molecule has 2 aliphatic heterocycles. The first kappa shape index (κ1) is 24.0. The average Bonchev–Trinajstić information content (AvgIpc) is 3.09. The number of nitrogens with zero attached hydrogens (tertiary/aromatic N) is 4. The quantitative estimate of drug-likeness (QED) is 0.242. The van der Waals surface area contributed by atoms with Gasteiger partial charge in [0, 0.05) is 49.6 Å². The maximum atomic E-state index is 12.8. The minimum absolute atomic E-state index is 0.0155. The first-order valence-corrected chi connectivity index (χ1v) is 12.1. The smallest absolute Gasteiger partial charge is 0.294 e. The molecule has 2 fully saturated rings. The number of rotatable bonds is 5. The third-order valence-corrected chi connectivity index (χ3v) is 7.23. The van der Waals surface area contributed by atoms with Crippen molar-refractivity contribution in [2.24, 2.45) is 0 Å². The highest BCUT2D eigenvalue weighted by molar-refractivity contribution is 14.1. The van der Waals surface area contributed by atoms with E-state index < -0.39 is 16.1 Å². The predicted molar refractivity (Wildman–Crippen MR) is 135 cm³/mol. The molecule has 2 saturated heterocycles. The van der Waals surface area contributed by atoms with Crippen molar-refractivity contribution in [1.29, 1.82) is 0 Å². The number of nitro benzene ring substituents is 1. The predicted octanol–water partition coefficient (Wildman–Crippen LogP) is 3.29. The fourth-order valence-corrected chi connectivity index (χ4v) is 5.15. The molecule has 34 heavy (non-hydrogen) atoms. The third kappa shape index (κ3) is 5.01. The number of non-ortho nitro benzene ring substituents is 1. The first-order valence-electron chi connectivity index (χ1n) is 10.2. The van der Waals surface area contributed by atoms with Gasteiger partial charge in [-0.15, -0.1) is 0 Å². The molecule has 176 valence electrons. The van der Waals surface area contributed by atoms with Crippen molar-refractivity contribution in [2.45, 2.75) is 0 Å². The number of anilines is 1. The van der Waals surface area contributed by atoms with Crippen molar-refractivity contribution in [3.05, 3.63) is 66.6 Å². The van der Waals surface area contributed by atoms with Gasteiger partial charge in [0.1, 0.15) is 12.3 Å². The Labute approximate surface area is 212 Å². The Morgan fingerprint density at radius 2 is 1.82 bits per heavy atom. The van der Waals surface area contributed by atoms with E-state index in [1.54, 1.807) is 27.5 Å². The molecule has 0 unspecified atom stereocenters. The summed E-state index contributed by atoms with van der Waals surface area (Å²) in [7, 11) is 0. The SMILES string of the molecule is O=C(CN1C(=O)S/C(=C/c2cc([N+](=O)[O-])cc(I)c2O)C1=O)N1CCN(c2ccccc2)CC1. The van der Waals surface area contributed by atoms with Crippen molar-refractivity contribution in [3.8, 4) is 5.75 Å². The van der Waals surface area contributed by atoms with Crippen molar-refractivity contribution < 1.29 is 24.4 Å². The Hall–Kier alpha value is -3.13. The number of imide groups is 1. The van der Waals surface area contributed by atoms with Crippen LogP contribution in [0.25, 0.3) is 6.08 Å². The maximum Gasteiger partial charge on any atom is 0.294 e. The van der Waals surface area contributed by atoms with E-state index in [0.29, 0.717) is 37.9 Å². The van der Waals surface area contributed by atoms with Gasteiger partial charge >= 0.3 is 0 Å². The van der Waals surface area contributed by atoms with Crippen molar-refractivity contribution in [2.75, 3.05) is 37.6 Å². The molecule has 0 aromatic heterocycles. The standard InChI is InChI=1S/C22H19IN4O6S/c23-17-12-16(27(32)33)10-14(20(17)29)11-18-21(30)26(22(31)34-18)13-19(28)25-8-6-24(7-9-25)15-4-2-1-3-5-15/h1-5,10-12,29H,6-9,13H2/b18-11+. The summed E-state index contributed by atoms with van der Waals surface area (Å²) in [4.78, 5) is 53.2. The number of para-hydroxylation sites is 1. The largest absolute Gasteiger partial charge is 0.506 e. The molecule has 10 nitrogen and oxygen atoms in total. The van der Waals surface area contributed by atoms with E-state index in [0.717, 1.165) is 16.7 Å². The van der Waals surface area contributed by atoms with Gasteiger partial charge in [0.15, 0.2) is 0 Å². The lowest BCUT2D eigenvalue weighted by molar-refractivity contribution is -0.385. The van der Waals surface area contributed by atoms with Crippen LogP contribution in [0.3, 0.4) is 0 Å². The van der Waals surface area contributed by atoms with Crippen molar-refractivity contribution >= 4 is 68.9 Å². The zero-order chi connectivity index (χ0) is 24.4. The number of nitro groups is 1. The number of phenols is 1. The number of halogens is 1. The fraction of sp³-hybridized carbons (Fsp3) is 0.227. The lowest BCUT2D eigenvalue weighted by Gasteiger charge is -2.36. The lowest BCUT2D eigenvalue weighted by atomic mass is 10.1. The first-order chi connectivity index (χ1) is 16.2. The molecular formula is C22H19IN4O6S. The normalized spacial score (nSPS) is 17.6. The Kier molecular flexibility index (Phi) is 7.07. The van der Waals surface area contributed by atoms with Crippen LogP contribution in [0.4, 0.5) is 16.2 Å². The number of carbonyl (C=O) groups is 3. The molecule has 0 saturated carbocycles. The van der Waals surface area contributed by atoms with Crippen LogP contribution in [-0.4, -0.2) is 69.6 Å². The van der Waals surface area contributed by atoms with E-state index in [-0.39, 0.29) is 37.9 Å². The third-order valence-electron chi connectivity index (χ3n) is 5.50. The second kappa shape index (κ2) is 10.0. The number of aromatic hydroxyl groups is 1. The molecule has 2 aromatic rings. The molecule has 0 atom stereocenters. The Bertz CT molecular complexity index is 1200. The summed E-state index contributed by atoms with van der Waals surface area (Å²) in [5, 5.41) is 20.8. The Balaban J connectivity index is 1.43. The van der Waals surface area contributed by atoms with Gasteiger partial charge in [-0.05, 0) is 52.6 Å². The highest BCUT2D eigenvalue weighted by atomic mass is 127. The van der Waals surface area contributed by atoms with Crippen LogP contribution in [0.1, 0.15) is 5.56 Å². The van der Waals surface area contributed by atoms with Gasteiger partial charge in [-0.1, -0.05) is 18.2 Å². The molecular weight excluding hydrogens is 575 g/mol. The van der Waals surface area contributed by atoms with Crippen LogP contribution in [-0.2, 0) is 9.59 Å². The maximum absolute atomic E-state index is 12.8. The summed E-state index contributed by atoms with van der Waals surface area (Å²) >= 11 is 2.38. The van der Waals surface area contributed by atoms with Gasteiger partial charge < -0.3 is 14.9 Å². The number of benzene rings is 2. The molecule has 3 amide bonds. The fourth-order valence-electron chi connectivity index (χ4n) is 3.69. The minimum Gasteiger partial charge on any atom is -0.506 e. The minimum atomic E-state index is -0.674. The van der Waals surface area contributed by atoms with Gasteiger partial charge in [0.2, 0.25) is 5.91 Å². The monoisotopic (exact) mass is 594 g/mol. The molecule has 2 aromatic carbocycles. The second-order valence-corrected chi connectivity index (χ2v) is 9.75. The van der Waals surface area contributed by atoms with E-state index >= 15 is 0 Å². The number of carbonyl (C=O) groups excluding carboxylic acids is 3. The van der Waals surface area contributed by atoms with Crippen LogP contribution in [0.15, 0.2) is 47.4 Å². The molecule has 12 heteroatoms. The number of hydrogen-bond donors (Lipinski definition) is 1. The average molecular weight is 594 g/mol. The number of piperazine rings is 1. The van der Waals surface area contributed by atoms with E-state index in [1.807, 2.05) is 30.3 Å². The number of hydrogen-bond acceptors (Lipinski definition) is 8. The van der Waals surface area contributed by atoms with Crippen LogP contribution in [0.2, 0.25) is 0 Å². The summed E-state index contributed by atoms with van der Waals surface area (Å²) in [6.07, 6.45) is 1.23. The summed E-state index contributed by atoms with van der Waals surface area (Å²) < 4.78 is 0.238. The van der Waals surface area contributed by atoms with E-state index in [9.17, 15) is 29.6 Å². The molecule has 0 bridgehead atoms. The van der Waals surface area contributed by atoms with Crippen LogP contribution >= 0.6 is 34.4 Å². The van der Waals surface area contributed by atoms with Crippen LogP contribution in [0.5, 0.6) is 5.75 Å². The topological polar surface area (TPSA) is 124 Å². The van der Waals surface area contributed by atoms with Crippen LogP contribution < -0.4 is 4.90 Å². The van der Waals surface area contributed by atoms with Crippen LogP contribution in [0, 0.1) is 13.7 Å². The summed E-state index contributed by atoms with van der Waals surface area (Å²) in [5.41, 5.74) is 0.870. The van der Waals surface area contributed by atoms with Crippen molar-refractivity contribution in [3.63, 3.8) is 0 Å². The van der Waals surface area contributed by atoms with Gasteiger partial charge in [-0.3, -0.25) is 29.4 Å². The van der Waals surface area contributed by atoms with E-state index in [1.165, 1.54) is 12.1 Å². The zero-order valence-electron chi connectivity index (χ0n) is 17.7. The molecule has 0 spiro atoms.